The Balaban J connectivity index is 1.89. The van der Waals surface area contributed by atoms with Crippen LogP contribution in [-0.4, -0.2) is 5.11 Å². The first-order valence-corrected chi connectivity index (χ1v) is 8.12. The number of phenols is 1. The van der Waals surface area contributed by atoms with E-state index in [9.17, 15) is 5.11 Å². The summed E-state index contributed by atoms with van der Waals surface area (Å²) in [6.45, 7) is 0. The van der Waals surface area contributed by atoms with Gasteiger partial charge in [-0.05, 0) is 83.3 Å². The standard InChI is InChI=1S/C16H15ClINO/c17-11-4-7-16(14(18)9-11)19-15-3-1-2-10-8-12(20)5-6-13(10)15/h4-9,15,19-20H,1-3H2. The molecule has 0 saturated carbocycles. The minimum atomic E-state index is 0.300. The molecule has 0 aliphatic heterocycles. The Morgan fingerprint density at radius 2 is 2.05 bits per heavy atom. The number of nitrogens with one attached hydrogen (secondary N) is 1. The van der Waals surface area contributed by atoms with Crippen molar-refractivity contribution in [1.82, 2.24) is 0 Å². The first-order valence-electron chi connectivity index (χ1n) is 6.67. The second-order valence-electron chi connectivity index (χ2n) is 5.10. The Morgan fingerprint density at radius 3 is 2.85 bits per heavy atom. The number of anilines is 1. The number of aryl methyl sites for hydroxylation is 1. The summed E-state index contributed by atoms with van der Waals surface area (Å²) in [5.41, 5.74) is 3.65. The van der Waals surface area contributed by atoms with Gasteiger partial charge in [-0.15, -0.1) is 0 Å². The van der Waals surface area contributed by atoms with E-state index in [0.717, 1.165) is 33.5 Å². The Morgan fingerprint density at radius 1 is 1.20 bits per heavy atom. The van der Waals surface area contributed by atoms with Gasteiger partial charge in [-0.1, -0.05) is 17.7 Å². The van der Waals surface area contributed by atoms with Crippen molar-refractivity contribution in [3.8, 4) is 5.75 Å². The molecule has 0 aromatic heterocycles. The van der Waals surface area contributed by atoms with Gasteiger partial charge in [0.05, 0.1) is 6.04 Å². The Kier molecular flexibility index (Phi) is 4.08. The predicted octanol–water partition coefficient (Wildman–Crippen LogP) is 5.14. The normalized spacial score (nSPS) is 17.6. The van der Waals surface area contributed by atoms with Crippen LogP contribution in [0, 0.1) is 3.57 Å². The molecule has 0 spiro atoms. The summed E-state index contributed by atoms with van der Waals surface area (Å²) < 4.78 is 1.13. The lowest BCUT2D eigenvalue weighted by molar-refractivity contribution is 0.472. The lowest BCUT2D eigenvalue weighted by Gasteiger charge is -2.28. The molecule has 2 aromatic rings. The van der Waals surface area contributed by atoms with E-state index in [4.69, 9.17) is 11.6 Å². The highest BCUT2D eigenvalue weighted by Crippen LogP contribution is 2.35. The van der Waals surface area contributed by atoms with Gasteiger partial charge in [-0.2, -0.15) is 0 Å². The molecule has 20 heavy (non-hydrogen) atoms. The highest BCUT2D eigenvalue weighted by molar-refractivity contribution is 14.1. The lowest BCUT2D eigenvalue weighted by atomic mass is 9.87. The molecule has 1 atom stereocenters. The minimum Gasteiger partial charge on any atom is -0.508 e. The molecular formula is C16H15ClINO. The van der Waals surface area contributed by atoms with Crippen LogP contribution in [0.3, 0.4) is 0 Å². The number of halogens is 2. The molecule has 0 saturated heterocycles. The van der Waals surface area contributed by atoms with Gasteiger partial charge in [-0.25, -0.2) is 0 Å². The highest BCUT2D eigenvalue weighted by atomic mass is 127. The largest absolute Gasteiger partial charge is 0.508 e. The molecule has 4 heteroatoms. The SMILES string of the molecule is Oc1ccc2c(c1)CCCC2Nc1ccc(Cl)cc1I. The van der Waals surface area contributed by atoms with Crippen LogP contribution < -0.4 is 5.32 Å². The van der Waals surface area contributed by atoms with E-state index in [1.807, 2.05) is 30.3 Å². The quantitative estimate of drug-likeness (QED) is 0.685. The van der Waals surface area contributed by atoms with Crippen molar-refractivity contribution in [2.24, 2.45) is 0 Å². The van der Waals surface area contributed by atoms with E-state index in [1.165, 1.54) is 11.1 Å². The summed E-state index contributed by atoms with van der Waals surface area (Å²) in [6.07, 6.45) is 3.29. The molecule has 2 aromatic carbocycles. The molecule has 2 N–H and O–H groups in total. The lowest BCUT2D eigenvalue weighted by Crippen LogP contribution is -2.17. The smallest absolute Gasteiger partial charge is 0.115 e. The summed E-state index contributed by atoms with van der Waals surface area (Å²) in [7, 11) is 0. The minimum absolute atomic E-state index is 0.300. The number of hydrogen-bond donors (Lipinski definition) is 2. The Hall–Kier alpha value is -0.940. The van der Waals surface area contributed by atoms with Gasteiger partial charge in [0.25, 0.3) is 0 Å². The van der Waals surface area contributed by atoms with E-state index >= 15 is 0 Å². The number of aromatic hydroxyl groups is 1. The zero-order chi connectivity index (χ0) is 14.1. The van der Waals surface area contributed by atoms with Gasteiger partial charge in [0.1, 0.15) is 5.75 Å². The third-order valence-electron chi connectivity index (χ3n) is 3.70. The number of fused-ring (bicyclic) bond motifs is 1. The maximum atomic E-state index is 9.60. The number of benzene rings is 2. The van der Waals surface area contributed by atoms with Crippen LogP contribution in [0.1, 0.15) is 30.0 Å². The summed E-state index contributed by atoms with van der Waals surface area (Å²) in [5.74, 6) is 0.352. The van der Waals surface area contributed by atoms with E-state index in [0.29, 0.717) is 11.8 Å². The fourth-order valence-corrected chi connectivity index (χ4v) is 3.77. The van der Waals surface area contributed by atoms with E-state index in [-0.39, 0.29) is 0 Å². The van der Waals surface area contributed by atoms with Gasteiger partial charge in [0.15, 0.2) is 0 Å². The molecule has 0 bridgehead atoms. The molecule has 1 aliphatic carbocycles. The van der Waals surface area contributed by atoms with Crippen LogP contribution in [0.2, 0.25) is 5.02 Å². The van der Waals surface area contributed by atoms with Gasteiger partial charge < -0.3 is 10.4 Å². The number of hydrogen-bond acceptors (Lipinski definition) is 2. The molecule has 3 rings (SSSR count). The van der Waals surface area contributed by atoms with Gasteiger partial charge >= 0.3 is 0 Å². The van der Waals surface area contributed by atoms with Gasteiger partial charge in [0.2, 0.25) is 0 Å². The second kappa shape index (κ2) is 5.82. The number of rotatable bonds is 2. The average Bonchev–Trinajstić information content (AvgIpc) is 2.41. The third-order valence-corrected chi connectivity index (χ3v) is 4.83. The average molecular weight is 400 g/mol. The predicted molar refractivity (Wildman–Crippen MR) is 91.6 cm³/mol. The van der Waals surface area contributed by atoms with Crippen LogP contribution in [0.15, 0.2) is 36.4 Å². The van der Waals surface area contributed by atoms with Crippen molar-refractivity contribution >= 4 is 39.9 Å². The van der Waals surface area contributed by atoms with Crippen LogP contribution in [0.25, 0.3) is 0 Å². The molecule has 2 nitrogen and oxygen atoms in total. The molecule has 1 aliphatic rings. The first-order chi connectivity index (χ1) is 9.63. The summed E-state index contributed by atoms with van der Waals surface area (Å²) >= 11 is 8.30. The van der Waals surface area contributed by atoms with Crippen molar-refractivity contribution in [3.05, 3.63) is 56.1 Å². The molecule has 0 radical (unpaired) electrons. The zero-order valence-electron chi connectivity index (χ0n) is 10.9. The monoisotopic (exact) mass is 399 g/mol. The van der Waals surface area contributed by atoms with Gasteiger partial charge in [-0.3, -0.25) is 0 Å². The topological polar surface area (TPSA) is 32.3 Å². The molecule has 104 valence electrons. The van der Waals surface area contributed by atoms with Crippen molar-refractivity contribution in [3.63, 3.8) is 0 Å². The fourth-order valence-electron chi connectivity index (χ4n) is 2.74. The molecule has 0 heterocycles. The van der Waals surface area contributed by atoms with Crippen LogP contribution in [0.4, 0.5) is 5.69 Å². The third kappa shape index (κ3) is 2.88. The van der Waals surface area contributed by atoms with E-state index in [2.05, 4.69) is 27.9 Å². The van der Waals surface area contributed by atoms with Gasteiger partial charge in [0, 0.05) is 14.3 Å². The van der Waals surface area contributed by atoms with Crippen molar-refractivity contribution < 1.29 is 5.11 Å². The number of phenolic OH excluding ortho intramolecular Hbond substituents is 1. The first kappa shape index (κ1) is 14.0. The summed E-state index contributed by atoms with van der Waals surface area (Å²) in [6, 6.07) is 11.9. The van der Waals surface area contributed by atoms with Crippen molar-refractivity contribution in [2.45, 2.75) is 25.3 Å². The maximum Gasteiger partial charge on any atom is 0.115 e. The summed E-state index contributed by atoms with van der Waals surface area (Å²) in [4.78, 5) is 0. The van der Waals surface area contributed by atoms with E-state index < -0.39 is 0 Å². The summed E-state index contributed by atoms with van der Waals surface area (Å²) in [5, 5.41) is 14.0. The second-order valence-corrected chi connectivity index (χ2v) is 6.70. The van der Waals surface area contributed by atoms with Crippen LogP contribution >= 0.6 is 34.2 Å². The van der Waals surface area contributed by atoms with E-state index in [1.54, 1.807) is 6.07 Å². The zero-order valence-corrected chi connectivity index (χ0v) is 13.8. The molecule has 0 fully saturated rings. The Labute approximate surface area is 137 Å². The fraction of sp³-hybridized carbons (Fsp3) is 0.250. The van der Waals surface area contributed by atoms with Crippen molar-refractivity contribution in [2.75, 3.05) is 5.32 Å². The molecular weight excluding hydrogens is 385 g/mol. The van der Waals surface area contributed by atoms with Crippen molar-refractivity contribution in [1.29, 1.82) is 0 Å². The highest BCUT2D eigenvalue weighted by Gasteiger charge is 2.20. The molecule has 1 unspecified atom stereocenters. The Bertz CT molecular complexity index is 644. The van der Waals surface area contributed by atoms with Crippen LogP contribution in [-0.2, 0) is 6.42 Å². The molecule has 0 amide bonds. The maximum absolute atomic E-state index is 9.60. The van der Waals surface area contributed by atoms with Crippen LogP contribution in [0.5, 0.6) is 5.75 Å².